The molecule has 0 unspecified atom stereocenters. The molecule has 0 bridgehead atoms. The lowest BCUT2D eigenvalue weighted by molar-refractivity contribution is 0.507. The topological polar surface area (TPSA) is 35.1 Å². The molecule has 3 nitrogen and oxygen atoms in total. The summed E-state index contributed by atoms with van der Waals surface area (Å²) in [7, 11) is 0. The molecule has 0 aliphatic rings. The fraction of sp³-hybridized carbons (Fsp3) is 0. The number of hydrogen-bond donors (Lipinski definition) is 0. The lowest BCUT2D eigenvalue weighted by atomic mass is 10.2. The van der Waals surface area contributed by atoms with Gasteiger partial charge in [-0.1, -0.05) is 35.4 Å². The predicted molar refractivity (Wildman–Crippen MR) is 82.7 cm³/mol. The van der Waals surface area contributed by atoms with Crippen LogP contribution in [0.1, 0.15) is 0 Å². The van der Waals surface area contributed by atoms with Gasteiger partial charge in [0.1, 0.15) is 10.2 Å². The third-order valence-corrected chi connectivity index (χ3v) is 3.73. The Morgan fingerprint density at radius 3 is 2.35 bits per heavy atom. The first-order valence-electron chi connectivity index (χ1n) is 5.67. The van der Waals surface area contributed by atoms with Crippen LogP contribution in [0.4, 0.5) is 0 Å². The van der Waals surface area contributed by atoms with Crippen molar-refractivity contribution in [2.45, 2.75) is 0 Å². The average Bonchev–Trinajstić information content (AvgIpc) is 2.42. The Morgan fingerprint density at radius 1 is 1.00 bits per heavy atom. The molecule has 0 saturated carbocycles. The minimum Gasteiger partial charge on any atom is -0.409 e. The smallest absolute Gasteiger partial charge is 0.409 e. The number of fused-ring (bicyclic) bond motifs is 1. The predicted octanol–water partition coefficient (Wildman–Crippen LogP) is 4.62. The van der Waals surface area contributed by atoms with Crippen molar-refractivity contribution >= 4 is 46.4 Å². The van der Waals surface area contributed by atoms with Gasteiger partial charge >= 0.3 is 5.76 Å². The quantitative estimate of drug-likeness (QED) is 0.613. The first-order chi connectivity index (χ1) is 9.56. The van der Waals surface area contributed by atoms with Crippen molar-refractivity contribution in [1.82, 2.24) is 4.57 Å². The number of rotatable bonds is 1. The molecule has 0 atom stereocenters. The molecule has 0 aliphatic carbocycles. The van der Waals surface area contributed by atoms with E-state index < -0.39 is 5.76 Å². The van der Waals surface area contributed by atoms with Crippen LogP contribution in [-0.2, 0) is 0 Å². The molecular weight excluding hydrogens is 317 g/mol. The maximum absolute atomic E-state index is 12.1. The van der Waals surface area contributed by atoms with Gasteiger partial charge in [-0.3, -0.25) is 0 Å². The summed E-state index contributed by atoms with van der Waals surface area (Å²) >= 11 is 17.2. The summed E-state index contributed by atoms with van der Waals surface area (Å²) in [6.07, 6.45) is 0. The summed E-state index contributed by atoms with van der Waals surface area (Å²) in [6.45, 7) is 0. The van der Waals surface area contributed by atoms with Crippen LogP contribution in [0, 0.1) is 4.64 Å². The summed E-state index contributed by atoms with van der Waals surface area (Å²) in [4.78, 5) is 12.1. The van der Waals surface area contributed by atoms with E-state index in [2.05, 4.69) is 0 Å². The Balaban J connectivity index is 2.39. The van der Waals surface area contributed by atoms with Crippen LogP contribution in [0.5, 0.6) is 0 Å². The highest BCUT2D eigenvalue weighted by Gasteiger charge is 2.09. The van der Waals surface area contributed by atoms with Crippen LogP contribution in [0.25, 0.3) is 16.7 Å². The van der Waals surface area contributed by atoms with Crippen LogP contribution in [0.3, 0.4) is 0 Å². The molecule has 6 heteroatoms. The Bertz CT molecular complexity index is 913. The number of nitrogens with zero attached hydrogens (tertiary/aromatic N) is 1. The zero-order chi connectivity index (χ0) is 14.3. The molecule has 0 saturated heterocycles. The van der Waals surface area contributed by atoms with Crippen LogP contribution in [-0.4, -0.2) is 4.57 Å². The Labute approximate surface area is 129 Å². The molecule has 20 heavy (non-hydrogen) atoms. The number of benzene rings is 2. The van der Waals surface area contributed by atoms with E-state index in [0.29, 0.717) is 31.3 Å². The van der Waals surface area contributed by atoms with Crippen LogP contribution in [0.2, 0.25) is 10.0 Å². The highest BCUT2D eigenvalue weighted by atomic mass is 35.5. The molecule has 0 aliphatic heterocycles. The summed E-state index contributed by atoms with van der Waals surface area (Å²) in [6, 6.07) is 11.7. The fourth-order valence-corrected chi connectivity index (χ4v) is 2.55. The van der Waals surface area contributed by atoms with E-state index in [1.165, 1.54) is 4.57 Å². The van der Waals surface area contributed by atoms with Gasteiger partial charge in [0.15, 0.2) is 0 Å². The molecule has 0 amide bonds. The number of halogens is 2. The lowest BCUT2D eigenvalue weighted by Gasteiger charge is -2.07. The minimum atomic E-state index is -0.549. The Kier molecular flexibility index (Phi) is 3.38. The first-order valence-corrected chi connectivity index (χ1v) is 6.84. The van der Waals surface area contributed by atoms with Crippen molar-refractivity contribution in [2.24, 2.45) is 0 Å². The van der Waals surface area contributed by atoms with E-state index in [9.17, 15) is 4.79 Å². The first kappa shape index (κ1) is 13.4. The lowest BCUT2D eigenvalue weighted by Crippen LogP contribution is -2.17. The van der Waals surface area contributed by atoms with Crippen molar-refractivity contribution in [1.29, 1.82) is 0 Å². The molecule has 3 aromatic rings. The van der Waals surface area contributed by atoms with Gasteiger partial charge in [-0.25, -0.2) is 9.36 Å². The van der Waals surface area contributed by atoms with Gasteiger partial charge in [-0.15, -0.1) is 0 Å². The second-order valence-corrected chi connectivity index (χ2v) is 5.39. The second kappa shape index (κ2) is 5.05. The number of hydrogen-bond acceptors (Lipinski definition) is 3. The molecular formula is C14H7Cl2NO2S. The number of aromatic nitrogens is 1. The maximum Gasteiger partial charge on any atom is 0.425 e. The van der Waals surface area contributed by atoms with Crippen molar-refractivity contribution in [3.63, 3.8) is 0 Å². The molecule has 0 radical (unpaired) electrons. The van der Waals surface area contributed by atoms with Crippen molar-refractivity contribution in [3.05, 3.63) is 67.7 Å². The molecule has 100 valence electrons. The summed E-state index contributed by atoms with van der Waals surface area (Å²) in [5.74, 6) is -0.549. The van der Waals surface area contributed by atoms with E-state index in [0.717, 1.165) is 0 Å². The van der Waals surface area contributed by atoms with Crippen LogP contribution in [0.15, 0.2) is 51.7 Å². The monoisotopic (exact) mass is 323 g/mol. The molecule has 3 rings (SSSR count). The third-order valence-electron chi connectivity index (χ3n) is 2.84. The standard InChI is InChI=1S/C14H7Cl2NO2S/c15-8-1-4-10(5-2-8)17-13(20)11-7-9(16)3-6-12(11)19-14(17)18/h1-7H. The van der Waals surface area contributed by atoms with Gasteiger partial charge in [0.25, 0.3) is 0 Å². The van der Waals surface area contributed by atoms with Crippen molar-refractivity contribution < 1.29 is 4.42 Å². The van der Waals surface area contributed by atoms with Gasteiger partial charge in [-0.2, -0.15) is 0 Å². The maximum atomic E-state index is 12.1. The molecule has 0 fully saturated rings. The van der Waals surface area contributed by atoms with Gasteiger partial charge < -0.3 is 4.42 Å². The van der Waals surface area contributed by atoms with Gasteiger partial charge in [0.05, 0.1) is 11.1 Å². The average molecular weight is 324 g/mol. The highest BCUT2D eigenvalue weighted by molar-refractivity contribution is 7.71. The summed E-state index contributed by atoms with van der Waals surface area (Å²) in [5.41, 5.74) is 1.00. The second-order valence-electron chi connectivity index (χ2n) is 4.13. The molecule has 0 spiro atoms. The van der Waals surface area contributed by atoms with Crippen molar-refractivity contribution in [2.75, 3.05) is 0 Å². The van der Waals surface area contributed by atoms with Gasteiger partial charge in [-0.05, 0) is 42.5 Å². The zero-order valence-electron chi connectivity index (χ0n) is 9.97. The van der Waals surface area contributed by atoms with Crippen molar-refractivity contribution in [3.8, 4) is 5.69 Å². The summed E-state index contributed by atoms with van der Waals surface area (Å²) in [5, 5.41) is 1.72. The normalized spacial score (nSPS) is 10.9. The molecule has 1 heterocycles. The van der Waals surface area contributed by atoms with Crippen LogP contribution >= 0.6 is 35.4 Å². The minimum absolute atomic E-state index is 0.348. The van der Waals surface area contributed by atoms with Gasteiger partial charge in [0, 0.05) is 10.0 Å². The van der Waals surface area contributed by atoms with E-state index in [-0.39, 0.29) is 0 Å². The largest absolute Gasteiger partial charge is 0.425 e. The molecule has 2 aromatic carbocycles. The Hall–Kier alpha value is -1.62. The third kappa shape index (κ3) is 2.26. The zero-order valence-corrected chi connectivity index (χ0v) is 12.3. The molecule has 0 N–H and O–H groups in total. The Morgan fingerprint density at radius 2 is 1.65 bits per heavy atom. The van der Waals surface area contributed by atoms with Gasteiger partial charge in [0.2, 0.25) is 0 Å². The van der Waals surface area contributed by atoms with E-state index in [1.807, 2.05) is 0 Å². The fourth-order valence-electron chi connectivity index (χ4n) is 1.91. The van der Waals surface area contributed by atoms with E-state index >= 15 is 0 Å². The van der Waals surface area contributed by atoms with E-state index in [4.69, 9.17) is 39.8 Å². The SMILES string of the molecule is O=c1oc2ccc(Cl)cc2c(=S)n1-c1ccc(Cl)cc1. The van der Waals surface area contributed by atoms with E-state index in [1.54, 1.807) is 42.5 Å². The highest BCUT2D eigenvalue weighted by Crippen LogP contribution is 2.21. The molecule has 1 aromatic heterocycles. The van der Waals surface area contributed by atoms with Crippen LogP contribution < -0.4 is 5.76 Å². The summed E-state index contributed by atoms with van der Waals surface area (Å²) < 4.78 is 6.92.